The first-order valence-electron chi connectivity index (χ1n) is 6.64. The molecule has 1 amide bonds. The SMILES string of the molecule is CC(C)N(CCNC(=O)c1cc[nH]c(=O)c1)C(C)C. The van der Waals surface area contributed by atoms with Crippen LogP contribution >= 0.6 is 0 Å². The highest BCUT2D eigenvalue weighted by molar-refractivity contribution is 5.93. The molecular formula is C14H23N3O2. The molecule has 0 saturated heterocycles. The Labute approximate surface area is 114 Å². The molecular weight excluding hydrogens is 242 g/mol. The maximum atomic E-state index is 11.8. The van der Waals surface area contributed by atoms with Crippen LogP contribution in [0.2, 0.25) is 0 Å². The number of hydrogen-bond donors (Lipinski definition) is 2. The zero-order valence-corrected chi connectivity index (χ0v) is 12.1. The van der Waals surface area contributed by atoms with Gasteiger partial charge in [-0.25, -0.2) is 0 Å². The van der Waals surface area contributed by atoms with Gasteiger partial charge >= 0.3 is 0 Å². The zero-order chi connectivity index (χ0) is 14.4. The molecule has 1 aromatic heterocycles. The number of H-pyrrole nitrogens is 1. The third-order valence-electron chi connectivity index (χ3n) is 3.02. The smallest absolute Gasteiger partial charge is 0.251 e. The van der Waals surface area contributed by atoms with Gasteiger partial charge in [-0.2, -0.15) is 0 Å². The quantitative estimate of drug-likeness (QED) is 0.813. The van der Waals surface area contributed by atoms with Crippen molar-refractivity contribution in [3.63, 3.8) is 0 Å². The van der Waals surface area contributed by atoms with Gasteiger partial charge < -0.3 is 10.3 Å². The Morgan fingerprint density at radius 2 is 1.95 bits per heavy atom. The van der Waals surface area contributed by atoms with Crippen molar-refractivity contribution < 1.29 is 4.79 Å². The molecule has 0 spiro atoms. The highest BCUT2D eigenvalue weighted by atomic mass is 16.2. The van der Waals surface area contributed by atoms with Crippen molar-refractivity contribution in [3.05, 3.63) is 34.2 Å². The molecule has 0 atom stereocenters. The minimum Gasteiger partial charge on any atom is -0.351 e. The van der Waals surface area contributed by atoms with Crippen LogP contribution in [0.5, 0.6) is 0 Å². The number of aromatic amines is 1. The molecule has 5 nitrogen and oxygen atoms in total. The fraction of sp³-hybridized carbons (Fsp3) is 0.571. The largest absolute Gasteiger partial charge is 0.351 e. The van der Waals surface area contributed by atoms with Crippen molar-refractivity contribution in [1.82, 2.24) is 15.2 Å². The number of amides is 1. The maximum absolute atomic E-state index is 11.8. The lowest BCUT2D eigenvalue weighted by atomic mass is 10.2. The van der Waals surface area contributed by atoms with E-state index in [1.165, 1.54) is 12.3 Å². The lowest BCUT2D eigenvalue weighted by Gasteiger charge is -2.30. The molecule has 0 bridgehead atoms. The van der Waals surface area contributed by atoms with Crippen molar-refractivity contribution in [2.75, 3.05) is 13.1 Å². The summed E-state index contributed by atoms with van der Waals surface area (Å²) in [5.41, 5.74) is 0.128. The molecule has 0 aromatic carbocycles. The van der Waals surface area contributed by atoms with Gasteiger partial charge in [0.1, 0.15) is 0 Å². The van der Waals surface area contributed by atoms with E-state index in [1.807, 2.05) is 0 Å². The standard InChI is InChI=1S/C14H23N3O2/c1-10(2)17(11(3)4)8-7-16-14(19)12-5-6-15-13(18)9-12/h5-6,9-11H,7-8H2,1-4H3,(H,15,18)(H,16,19). The fourth-order valence-corrected chi connectivity index (χ4v) is 2.10. The van der Waals surface area contributed by atoms with E-state index in [-0.39, 0.29) is 11.5 Å². The molecule has 2 N–H and O–H groups in total. The summed E-state index contributed by atoms with van der Waals surface area (Å²) < 4.78 is 0. The van der Waals surface area contributed by atoms with Crippen molar-refractivity contribution >= 4 is 5.91 Å². The number of pyridine rings is 1. The molecule has 0 unspecified atom stereocenters. The minimum absolute atomic E-state index is 0.210. The van der Waals surface area contributed by atoms with Crippen LogP contribution < -0.4 is 10.9 Å². The number of rotatable bonds is 6. The van der Waals surface area contributed by atoms with E-state index in [0.29, 0.717) is 24.2 Å². The van der Waals surface area contributed by atoms with Crippen molar-refractivity contribution in [2.24, 2.45) is 0 Å². The van der Waals surface area contributed by atoms with Crippen LogP contribution in [0.15, 0.2) is 23.1 Å². The molecule has 0 saturated carbocycles. The number of carbonyl (C=O) groups is 1. The van der Waals surface area contributed by atoms with Gasteiger partial charge in [-0.1, -0.05) is 0 Å². The molecule has 0 fully saturated rings. The number of aromatic nitrogens is 1. The summed E-state index contributed by atoms with van der Waals surface area (Å²) in [5, 5.41) is 2.83. The molecule has 0 aliphatic carbocycles. The normalized spacial score (nSPS) is 11.3. The van der Waals surface area contributed by atoms with Crippen LogP contribution in [0.25, 0.3) is 0 Å². The Morgan fingerprint density at radius 1 is 1.32 bits per heavy atom. The molecule has 0 radical (unpaired) electrons. The van der Waals surface area contributed by atoms with Gasteiger partial charge in [0.2, 0.25) is 5.56 Å². The fourth-order valence-electron chi connectivity index (χ4n) is 2.10. The third-order valence-corrected chi connectivity index (χ3v) is 3.02. The van der Waals surface area contributed by atoms with E-state index >= 15 is 0 Å². The highest BCUT2D eigenvalue weighted by Crippen LogP contribution is 2.03. The topological polar surface area (TPSA) is 65.2 Å². The predicted octanol–water partition coefficient (Wildman–Crippen LogP) is 1.22. The summed E-state index contributed by atoms with van der Waals surface area (Å²) >= 11 is 0. The minimum atomic E-state index is -0.265. The summed E-state index contributed by atoms with van der Waals surface area (Å²) in [5.74, 6) is -0.210. The summed E-state index contributed by atoms with van der Waals surface area (Å²) in [7, 11) is 0. The van der Waals surface area contributed by atoms with Crippen LogP contribution in [-0.4, -0.2) is 41.0 Å². The van der Waals surface area contributed by atoms with Crippen LogP contribution in [0.3, 0.4) is 0 Å². The van der Waals surface area contributed by atoms with Gasteiger partial charge in [0.05, 0.1) is 0 Å². The molecule has 106 valence electrons. The molecule has 0 aliphatic rings. The van der Waals surface area contributed by atoms with Crippen LogP contribution in [0.4, 0.5) is 0 Å². The Hall–Kier alpha value is -1.62. The molecule has 1 heterocycles. The number of nitrogens with zero attached hydrogens (tertiary/aromatic N) is 1. The molecule has 5 heteroatoms. The highest BCUT2D eigenvalue weighted by Gasteiger charge is 2.13. The Bertz CT molecular complexity index is 458. The van der Waals surface area contributed by atoms with Crippen LogP contribution in [0, 0.1) is 0 Å². The van der Waals surface area contributed by atoms with Gasteiger partial charge in [0.15, 0.2) is 0 Å². The van der Waals surface area contributed by atoms with E-state index in [9.17, 15) is 9.59 Å². The van der Waals surface area contributed by atoms with Crippen molar-refractivity contribution in [3.8, 4) is 0 Å². The Balaban J connectivity index is 2.49. The monoisotopic (exact) mass is 265 g/mol. The molecule has 19 heavy (non-hydrogen) atoms. The van der Waals surface area contributed by atoms with Crippen molar-refractivity contribution in [2.45, 2.75) is 39.8 Å². The van der Waals surface area contributed by atoms with Gasteiger partial charge in [0, 0.05) is 43.0 Å². The van der Waals surface area contributed by atoms with E-state index < -0.39 is 0 Å². The zero-order valence-electron chi connectivity index (χ0n) is 12.1. The van der Waals surface area contributed by atoms with Gasteiger partial charge in [0.25, 0.3) is 5.91 Å². The van der Waals surface area contributed by atoms with E-state index in [2.05, 4.69) is 42.9 Å². The van der Waals surface area contributed by atoms with Crippen LogP contribution in [0.1, 0.15) is 38.1 Å². The van der Waals surface area contributed by atoms with Gasteiger partial charge in [-0.15, -0.1) is 0 Å². The number of nitrogens with one attached hydrogen (secondary N) is 2. The second kappa shape index (κ2) is 7.09. The van der Waals surface area contributed by atoms with E-state index in [4.69, 9.17) is 0 Å². The summed E-state index contributed by atoms with van der Waals surface area (Å²) in [6.45, 7) is 9.92. The van der Waals surface area contributed by atoms with Gasteiger partial charge in [-0.05, 0) is 33.8 Å². The lowest BCUT2D eigenvalue weighted by molar-refractivity contribution is 0.0939. The van der Waals surface area contributed by atoms with Crippen molar-refractivity contribution in [1.29, 1.82) is 0 Å². The first kappa shape index (κ1) is 15.4. The number of carbonyl (C=O) groups excluding carboxylic acids is 1. The molecule has 1 aromatic rings. The maximum Gasteiger partial charge on any atom is 0.251 e. The lowest BCUT2D eigenvalue weighted by Crippen LogP contribution is -2.42. The summed E-state index contributed by atoms with van der Waals surface area (Å²) in [6.07, 6.45) is 1.48. The van der Waals surface area contributed by atoms with E-state index in [1.54, 1.807) is 6.07 Å². The Morgan fingerprint density at radius 3 is 2.47 bits per heavy atom. The second-order valence-corrected chi connectivity index (χ2v) is 5.12. The first-order chi connectivity index (χ1) is 8.91. The Kier molecular flexibility index (Phi) is 5.76. The molecule has 1 rings (SSSR count). The average Bonchev–Trinajstić information content (AvgIpc) is 2.33. The predicted molar refractivity (Wildman–Crippen MR) is 76.4 cm³/mol. The van der Waals surface area contributed by atoms with E-state index in [0.717, 1.165) is 6.54 Å². The van der Waals surface area contributed by atoms with Crippen LogP contribution in [-0.2, 0) is 0 Å². The second-order valence-electron chi connectivity index (χ2n) is 5.12. The van der Waals surface area contributed by atoms with Gasteiger partial charge in [-0.3, -0.25) is 14.5 Å². The molecule has 0 aliphatic heterocycles. The number of hydrogen-bond acceptors (Lipinski definition) is 3. The average molecular weight is 265 g/mol. The first-order valence-corrected chi connectivity index (χ1v) is 6.64. The summed E-state index contributed by atoms with van der Waals surface area (Å²) in [4.78, 5) is 27.7. The third kappa shape index (κ3) is 4.87. The summed E-state index contributed by atoms with van der Waals surface area (Å²) in [6, 6.07) is 3.78.